The predicted octanol–water partition coefficient (Wildman–Crippen LogP) is 2.94. The number of rotatable bonds is 5. The summed E-state index contributed by atoms with van der Waals surface area (Å²) in [5.41, 5.74) is 1.38. The van der Waals surface area contributed by atoms with Crippen molar-refractivity contribution in [2.24, 2.45) is 0 Å². The Balaban J connectivity index is 1.97. The van der Waals surface area contributed by atoms with Crippen LogP contribution < -0.4 is 10.1 Å². The Hall–Kier alpha value is -1.02. The Morgan fingerprint density at radius 1 is 1.19 bits per heavy atom. The average molecular weight is 219 g/mol. The van der Waals surface area contributed by atoms with Crippen molar-refractivity contribution in [3.63, 3.8) is 0 Å². The highest BCUT2D eigenvalue weighted by atomic mass is 16.5. The van der Waals surface area contributed by atoms with Gasteiger partial charge in [0.2, 0.25) is 0 Å². The number of hydrogen-bond donors (Lipinski definition) is 1. The molecule has 0 amide bonds. The van der Waals surface area contributed by atoms with Crippen LogP contribution in [0.15, 0.2) is 24.3 Å². The fourth-order valence-electron chi connectivity index (χ4n) is 1.96. The van der Waals surface area contributed by atoms with Crippen LogP contribution in [0, 0.1) is 0 Å². The third-order valence-electron chi connectivity index (χ3n) is 3.47. The number of benzene rings is 1. The molecule has 88 valence electrons. The lowest BCUT2D eigenvalue weighted by molar-refractivity contribution is 0.414. The van der Waals surface area contributed by atoms with Crippen LogP contribution in [0.4, 0.5) is 0 Å². The quantitative estimate of drug-likeness (QED) is 0.822. The van der Waals surface area contributed by atoms with E-state index in [1.807, 2.05) is 12.1 Å². The summed E-state index contributed by atoms with van der Waals surface area (Å²) in [6, 6.07) is 9.71. The molecule has 0 bridgehead atoms. The van der Waals surface area contributed by atoms with Crippen LogP contribution in [0.1, 0.15) is 38.2 Å². The molecule has 0 radical (unpaired) electrons. The fraction of sp³-hybridized carbons (Fsp3) is 0.571. The summed E-state index contributed by atoms with van der Waals surface area (Å²) in [6.45, 7) is 4.55. The predicted molar refractivity (Wildman–Crippen MR) is 67.0 cm³/mol. The third-order valence-corrected chi connectivity index (χ3v) is 3.47. The van der Waals surface area contributed by atoms with Gasteiger partial charge in [0.25, 0.3) is 0 Å². The molecule has 2 rings (SSSR count). The molecule has 1 aromatic carbocycles. The lowest BCUT2D eigenvalue weighted by Crippen LogP contribution is -2.32. The molecule has 0 aliphatic heterocycles. The van der Waals surface area contributed by atoms with E-state index >= 15 is 0 Å². The summed E-state index contributed by atoms with van der Waals surface area (Å²) in [5.74, 6) is 1.48. The Labute approximate surface area is 98.0 Å². The number of hydrogen-bond acceptors (Lipinski definition) is 2. The molecule has 1 aromatic rings. The maximum Gasteiger partial charge on any atom is 0.118 e. The van der Waals surface area contributed by atoms with Crippen LogP contribution in [0.5, 0.6) is 5.75 Å². The molecule has 2 atom stereocenters. The molecule has 0 heterocycles. The molecule has 1 aliphatic rings. The standard InChI is InChI=1S/C14H21NO/c1-10(11(2)15-13-6-7-13)12-4-8-14(16-3)9-5-12/h4-5,8-11,13,15H,6-7H2,1-3H3. The Kier molecular flexibility index (Phi) is 3.49. The van der Waals surface area contributed by atoms with Crippen molar-refractivity contribution < 1.29 is 4.74 Å². The lowest BCUT2D eigenvalue weighted by atomic mass is 9.94. The largest absolute Gasteiger partial charge is 0.497 e. The van der Waals surface area contributed by atoms with Gasteiger partial charge < -0.3 is 10.1 Å². The van der Waals surface area contributed by atoms with Crippen molar-refractivity contribution in [1.29, 1.82) is 0 Å². The number of methoxy groups -OCH3 is 1. The molecule has 1 fully saturated rings. The molecule has 0 aromatic heterocycles. The Bertz CT molecular complexity index is 329. The summed E-state index contributed by atoms with van der Waals surface area (Å²) < 4.78 is 5.17. The topological polar surface area (TPSA) is 21.3 Å². The van der Waals surface area contributed by atoms with E-state index < -0.39 is 0 Å². The molecular weight excluding hydrogens is 198 g/mol. The minimum absolute atomic E-state index is 0.542. The highest BCUT2D eigenvalue weighted by molar-refractivity contribution is 5.29. The highest BCUT2D eigenvalue weighted by Crippen LogP contribution is 2.25. The molecule has 2 nitrogen and oxygen atoms in total. The summed E-state index contributed by atoms with van der Waals surface area (Å²) in [6.07, 6.45) is 2.69. The van der Waals surface area contributed by atoms with Crippen LogP contribution in [-0.4, -0.2) is 19.2 Å². The summed E-state index contributed by atoms with van der Waals surface area (Å²) in [5, 5.41) is 3.65. The minimum Gasteiger partial charge on any atom is -0.497 e. The van der Waals surface area contributed by atoms with Crippen LogP contribution in [-0.2, 0) is 0 Å². The van der Waals surface area contributed by atoms with E-state index in [1.165, 1.54) is 18.4 Å². The van der Waals surface area contributed by atoms with Crippen LogP contribution in [0.25, 0.3) is 0 Å². The van der Waals surface area contributed by atoms with Gasteiger partial charge in [-0.15, -0.1) is 0 Å². The normalized spacial score (nSPS) is 19.2. The van der Waals surface area contributed by atoms with Gasteiger partial charge in [0.15, 0.2) is 0 Å². The lowest BCUT2D eigenvalue weighted by Gasteiger charge is -2.21. The number of ether oxygens (including phenoxy) is 1. The van der Waals surface area contributed by atoms with Crippen molar-refractivity contribution in [3.05, 3.63) is 29.8 Å². The highest BCUT2D eigenvalue weighted by Gasteiger charge is 2.25. The van der Waals surface area contributed by atoms with E-state index in [-0.39, 0.29) is 0 Å². The van der Waals surface area contributed by atoms with Crippen LogP contribution in [0.2, 0.25) is 0 Å². The van der Waals surface area contributed by atoms with Gasteiger partial charge in [-0.25, -0.2) is 0 Å². The first kappa shape index (κ1) is 11.5. The maximum atomic E-state index is 5.17. The van der Waals surface area contributed by atoms with Gasteiger partial charge in [-0.2, -0.15) is 0 Å². The second-order valence-electron chi connectivity index (χ2n) is 4.79. The molecule has 1 saturated carbocycles. The van der Waals surface area contributed by atoms with E-state index in [0.717, 1.165) is 11.8 Å². The molecule has 1 aliphatic carbocycles. The molecule has 0 spiro atoms. The monoisotopic (exact) mass is 219 g/mol. The van der Waals surface area contributed by atoms with Crippen LogP contribution >= 0.6 is 0 Å². The van der Waals surface area contributed by atoms with Crippen molar-refractivity contribution in [2.45, 2.75) is 44.7 Å². The zero-order valence-electron chi connectivity index (χ0n) is 10.4. The maximum absolute atomic E-state index is 5.17. The molecule has 1 N–H and O–H groups in total. The van der Waals surface area contributed by atoms with Gasteiger partial charge in [0, 0.05) is 12.1 Å². The van der Waals surface area contributed by atoms with Gasteiger partial charge in [0.1, 0.15) is 5.75 Å². The van der Waals surface area contributed by atoms with Gasteiger partial charge in [-0.1, -0.05) is 19.1 Å². The van der Waals surface area contributed by atoms with Crippen molar-refractivity contribution in [2.75, 3.05) is 7.11 Å². The Morgan fingerprint density at radius 2 is 1.81 bits per heavy atom. The molecule has 0 saturated heterocycles. The third kappa shape index (κ3) is 2.76. The van der Waals surface area contributed by atoms with Crippen molar-refractivity contribution >= 4 is 0 Å². The van der Waals surface area contributed by atoms with Crippen LogP contribution in [0.3, 0.4) is 0 Å². The molecule has 2 unspecified atom stereocenters. The first-order chi connectivity index (χ1) is 7.70. The fourth-order valence-corrected chi connectivity index (χ4v) is 1.96. The van der Waals surface area contributed by atoms with Gasteiger partial charge in [0.05, 0.1) is 7.11 Å². The smallest absolute Gasteiger partial charge is 0.118 e. The number of nitrogens with one attached hydrogen (secondary N) is 1. The SMILES string of the molecule is COc1ccc(C(C)C(C)NC2CC2)cc1. The zero-order valence-corrected chi connectivity index (χ0v) is 10.4. The van der Waals surface area contributed by atoms with Crippen molar-refractivity contribution in [3.8, 4) is 5.75 Å². The van der Waals surface area contributed by atoms with Gasteiger partial charge in [-0.05, 0) is 43.4 Å². The first-order valence-electron chi connectivity index (χ1n) is 6.10. The first-order valence-corrected chi connectivity index (χ1v) is 6.10. The van der Waals surface area contributed by atoms with Gasteiger partial charge in [-0.3, -0.25) is 0 Å². The zero-order chi connectivity index (χ0) is 11.5. The minimum atomic E-state index is 0.542. The van der Waals surface area contributed by atoms with E-state index in [0.29, 0.717) is 12.0 Å². The molecule has 16 heavy (non-hydrogen) atoms. The van der Waals surface area contributed by atoms with E-state index in [4.69, 9.17) is 4.74 Å². The summed E-state index contributed by atoms with van der Waals surface area (Å²) >= 11 is 0. The van der Waals surface area contributed by atoms with E-state index in [9.17, 15) is 0 Å². The van der Waals surface area contributed by atoms with E-state index in [2.05, 4.69) is 31.3 Å². The summed E-state index contributed by atoms with van der Waals surface area (Å²) in [7, 11) is 1.70. The second kappa shape index (κ2) is 4.88. The van der Waals surface area contributed by atoms with E-state index in [1.54, 1.807) is 7.11 Å². The molecular formula is C14H21NO. The average Bonchev–Trinajstić information content (AvgIpc) is 3.12. The summed E-state index contributed by atoms with van der Waals surface area (Å²) in [4.78, 5) is 0. The van der Waals surface area contributed by atoms with Gasteiger partial charge >= 0.3 is 0 Å². The molecule has 2 heteroatoms. The Morgan fingerprint density at radius 3 is 2.31 bits per heavy atom. The second-order valence-corrected chi connectivity index (χ2v) is 4.79. The van der Waals surface area contributed by atoms with Crippen molar-refractivity contribution in [1.82, 2.24) is 5.32 Å².